The Bertz CT molecular complexity index is 1140. The molecule has 3 aliphatic rings. The van der Waals surface area contributed by atoms with Crippen LogP contribution in [0.4, 0.5) is 0 Å². The second kappa shape index (κ2) is 7.89. The molecule has 2 aromatic carbocycles. The molecule has 166 valence electrons. The number of imidazole rings is 1. The topological polar surface area (TPSA) is 47.4 Å². The van der Waals surface area contributed by atoms with E-state index in [1.165, 1.54) is 5.52 Å². The van der Waals surface area contributed by atoms with E-state index in [9.17, 15) is 4.79 Å². The quantitative estimate of drug-likeness (QED) is 0.533. The number of likely N-dealkylation sites (tertiary alicyclic amines) is 1. The normalized spacial score (nSPS) is 23.0. The van der Waals surface area contributed by atoms with Gasteiger partial charge in [-0.15, -0.1) is 0 Å². The van der Waals surface area contributed by atoms with Crippen molar-refractivity contribution < 1.29 is 9.53 Å². The van der Waals surface area contributed by atoms with Crippen molar-refractivity contribution in [2.24, 2.45) is 0 Å². The largest absolute Gasteiger partial charge is 0.370 e. The van der Waals surface area contributed by atoms with Crippen LogP contribution in [0.15, 0.2) is 48.5 Å². The predicted molar refractivity (Wildman–Crippen MR) is 125 cm³/mol. The van der Waals surface area contributed by atoms with Crippen molar-refractivity contribution in [2.75, 3.05) is 19.7 Å². The summed E-state index contributed by atoms with van der Waals surface area (Å²) >= 11 is 6.06. The van der Waals surface area contributed by atoms with Gasteiger partial charge in [-0.2, -0.15) is 0 Å². The summed E-state index contributed by atoms with van der Waals surface area (Å²) in [6.45, 7) is 2.39. The predicted octanol–water partition coefficient (Wildman–Crippen LogP) is 5.44. The van der Waals surface area contributed by atoms with Crippen molar-refractivity contribution in [2.45, 2.75) is 56.1 Å². The maximum atomic E-state index is 13.5. The van der Waals surface area contributed by atoms with Gasteiger partial charge in [-0.1, -0.05) is 35.9 Å². The minimum Gasteiger partial charge on any atom is -0.370 e. The molecule has 1 unspecified atom stereocenters. The number of hydrogen-bond donors (Lipinski definition) is 0. The number of ether oxygens (including phenoxy) is 1. The Morgan fingerprint density at radius 3 is 2.47 bits per heavy atom. The van der Waals surface area contributed by atoms with Gasteiger partial charge in [0.2, 0.25) is 5.91 Å². The van der Waals surface area contributed by atoms with Gasteiger partial charge < -0.3 is 14.2 Å². The van der Waals surface area contributed by atoms with E-state index in [2.05, 4.69) is 27.7 Å². The molecule has 3 aromatic rings. The molecule has 1 amide bonds. The number of halogens is 1. The summed E-state index contributed by atoms with van der Waals surface area (Å²) in [6.07, 6.45) is 5.97. The number of amides is 1. The Hall–Kier alpha value is -2.37. The van der Waals surface area contributed by atoms with Gasteiger partial charge in [0, 0.05) is 30.8 Å². The van der Waals surface area contributed by atoms with Crippen LogP contribution in [-0.4, -0.2) is 40.1 Å². The van der Waals surface area contributed by atoms with Crippen LogP contribution in [0, 0.1) is 0 Å². The van der Waals surface area contributed by atoms with E-state index in [1.54, 1.807) is 0 Å². The highest BCUT2D eigenvalue weighted by atomic mass is 35.5. The summed E-state index contributed by atoms with van der Waals surface area (Å²) in [5.41, 5.74) is 3.00. The molecular formula is C26H28ClN3O2. The van der Waals surface area contributed by atoms with Crippen molar-refractivity contribution in [1.29, 1.82) is 0 Å². The first-order chi connectivity index (χ1) is 15.7. The number of carbonyl (C=O) groups excluding carboxylic acids is 1. The fraction of sp³-hybridized carbons (Fsp3) is 0.462. The average Bonchev–Trinajstić information content (AvgIpc) is 3.28. The number of hydrogen-bond acceptors (Lipinski definition) is 3. The Balaban J connectivity index is 1.23. The second-order valence-electron chi connectivity index (χ2n) is 9.44. The lowest BCUT2D eigenvalue weighted by Gasteiger charge is -2.36. The van der Waals surface area contributed by atoms with Crippen LogP contribution >= 0.6 is 11.6 Å². The third-order valence-corrected chi connectivity index (χ3v) is 7.77. The first-order valence-electron chi connectivity index (χ1n) is 11.8. The Kier molecular flexibility index (Phi) is 4.99. The van der Waals surface area contributed by atoms with Crippen LogP contribution in [0.25, 0.3) is 11.0 Å². The smallest absolute Gasteiger partial charge is 0.233 e. The standard InChI is InChI=1S/C26H28ClN3O2/c27-19-9-7-18(8-10-19)26(13-14-26)25(31)29-15-11-20(12-16-29)30-22-5-2-1-4-21(22)28-24(30)23-6-3-17-32-23/h1-2,4-5,7-10,20,23H,3,6,11-17H2. The van der Waals surface area contributed by atoms with E-state index < -0.39 is 0 Å². The second-order valence-corrected chi connectivity index (χ2v) is 9.88. The van der Waals surface area contributed by atoms with Crippen LogP contribution in [-0.2, 0) is 14.9 Å². The molecule has 6 rings (SSSR count). The zero-order valence-corrected chi connectivity index (χ0v) is 18.9. The number of para-hydroxylation sites is 2. The molecule has 32 heavy (non-hydrogen) atoms. The molecular weight excluding hydrogens is 422 g/mol. The van der Waals surface area contributed by atoms with Gasteiger partial charge in [-0.25, -0.2) is 4.98 Å². The van der Waals surface area contributed by atoms with E-state index in [0.29, 0.717) is 11.1 Å². The van der Waals surface area contributed by atoms with E-state index in [0.717, 1.165) is 75.1 Å². The number of fused-ring (bicyclic) bond motifs is 1. The highest BCUT2D eigenvalue weighted by Gasteiger charge is 2.53. The molecule has 0 radical (unpaired) electrons. The molecule has 5 nitrogen and oxygen atoms in total. The summed E-state index contributed by atoms with van der Waals surface area (Å²) in [6, 6.07) is 16.6. The molecule has 3 heterocycles. The maximum Gasteiger partial charge on any atom is 0.233 e. The van der Waals surface area contributed by atoms with Crippen molar-refractivity contribution >= 4 is 28.5 Å². The molecule has 2 aliphatic heterocycles. The highest BCUT2D eigenvalue weighted by Crippen LogP contribution is 2.50. The monoisotopic (exact) mass is 449 g/mol. The van der Waals surface area contributed by atoms with Crippen molar-refractivity contribution in [3.05, 3.63) is 64.9 Å². The number of piperidine rings is 1. The van der Waals surface area contributed by atoms with E-state index in [4.69, 9.17) is 21.3 Å². The molecule has 0 spiro atoms. The maximum absolute atomic E-state index is 13.5. The molecule has 0 N–H and O–H groups in total. The van der Waals surface area contributed by atoms with Gasteiger partial charge in [0.1, 0.15) is 11.9 Å². The first-order valence-corrected chi connectivity index (χ1v) is 12.2. The van der Waals surface area contributed by atoms with Crippen molar-refractivity contribution in [3.8, 4) is 0 Å². The minimum atomic E-state index is -0.331. The fourth-order valence-electron chi connectivity index (χ4n) is 5.61. The number of carbonyl (C=O) groups is 1. The number of benzene rings is 2. The molecule has 2 saturated heterocycles. The van der Waals surface area contributed by atoms with Crippen molar-refractivity contribution in [1.82, 2.24) is 14.5 Å². The van der Waals surface area contributed by atoms with Crippen molar-refractivity contribution in [3.63, 3.8) is 0 Å². The van der Waals surface area contributed by atoms with Crippen LogP contribution in [0.5, 0.6) is 0 Å². The first kappa shape index (κ1) is 20.3. The van der Waals surface area contributed by atoms with Gasteiger partial charge in [-0.3, -0.25) is 4.79 Å². The highest BCUT2D eigenvalue weighted by molar-refractivity contribution is 6.30. The third kappa shape index (κ3) is 3.34. The summed E-state index contributed by atoms with van der Waals surface area (Å²) in [5.74, 6) is 1.35. The van der Waals surface area contributed by atoms with Gasteiger partial charge in [0.15, 0.2) is 0 Å². The van der Waals surface area contributed by atoms with Crippen LogP contribution in [0.3, 0.4) is 0 Å². The Morgan fingerprint density at radius 1 is 1.03 bits per heavy atom. The summed E-state index contributed by atoms with van der Waals surface area (Å²) in [4.78, 5) is 20.6. The lowest BCUT2D eigenvalue weighted by molar-refractivity contribution is -0.135. The van der Waals surface area contributed by atoms with Crippen LogP contribution < -0.4 is 0 Å². The van der Waals surface area contributed by atoms with Gasteiger partial charge in [0.25, 0.3) is 0 Å². The molecule has 6 heteroatoms. The van der Waals surface area contributed by atoms with Crippen LogP contribution in [0.1, 0.15) is 62.1 Å². The summed E-state index contributed by atoms with van der Waals surface area (Å²) in [5, 5.41) is 0.715. The molecule has 1 aromatic heterocycles. The van der Waals surface area contributed by atoms with E-state index in [-0.39, 0.29) is 17.4 Å². The SMILES string of the molecule is O=C(N1CCC(n2c(C3CCCO3)nc3ccccc32)CC1)C1(c2ccc(Cl)cc2)CC1. The van der Waals surface area contributed by atoms with Gasteiger partial charge in [-0.05, 0) is 68.4 Å². The zero-order chi connectivity index (χ0) is 21.7. The molecule has 1 aliphatic carbocycles. The van der Waals surface area contributed by atoms with Gasteiger partial charge in [0.05, 0.1) is 16.4 Å². The third-order valence-electron chi connectivity index (χ3n) is 7.51. The summed E-state index contributed by atoms with van der Waals surface area (Å²) < 4.78 is 8.43. The molecule has 0 bridgehead atoms. The van der Waals surface area contributed by atoms with Crippen LogP contribution in [0.2, 0.25) is 5.02 Å². The lowest BCUT2D eigenvalue weighted by Crippen LogP contribution is -2.44. The number of aromatic nitrogens is 2. The summed E-state index contributed by atoms with van der Waals surface area (Å²) in [7, 11) is 0. The zero-order valence-electron chi connectivity index (χ0n) is 18.2. The van der Waals surface area contributed by atoms with E-state index >= 15 is 0 Å². The number of nitrogens with zero attached hydrogens (tertiary/aromatic N) is 3. The average molecular weight is 450 g/mol. The molecule has 3 fully saturated rings. The Morgan fingerprint density at radius 2 is 1.78 bits per heavy atom. The lowest BCUT2D eigenvalue weighted by atomic mass is 9.93. The number of rotatable bonds is 4. The van der Waals surface area contributed by atoms with E-state index in [1.807, 2.05) is 30.3 Å². The fourth-order valence-corrected chi connectivity index (χ4v) is 5.73. The van der Waals surface area contributed by atoms with Gasteiger partial charge >= 0.3 is 0 Å². The Labute approximate surface area is 193 Å². The minimum absolute atomic E-state index is 0.0849. The molecule has 1 atom stereocenters. The molecule has 1 saturated carbocycles.